The fraction of sp³-hybridized carbons (Fsp3) is 0.122. The number of aryl methyl sites for hydroxylation is 1. The maximum atomic E-state index is 11.9. The Hall–Kier alpha value is -8.48. The van der Waals surface area contributed by atoms with Crippen molar-refractivity contribution in [1.29, 1.82) is 0 Å². The lowest BCUT2D eigenvalue weighted by Crippen LogP contribution is -1.99. The molecular weight excluding hydrogens is 796 g/mol. The molecule has 19 nitrogen and oxygen atoms in total. The minimum Gasteiger partial charge on any atom is -0.507 e. The SMILES string of the molecule is Cc1c(C)c(O)c2c(-c3c(O)c(O)c(-c4c5c(O)c(C)c(C)c(O)c5c(-c5c(O)c(O)c(O)c(O)c5O)c5c(O)c(O)c(O)c(O)c45)c(O)c3O)c(O)c(O)c(O)c2c1C. The fourth-order valence-electron chi connectivity index (χ4n) is 7.87. The monoisotopic (exact) mass is 830 g/mol. The van der Waals surface area contributed by atoms with Gasteiger partial charge in [0.05, 0.1) is 16.7 Å². The molecule has 0 fully saturated rings. The van der Waals surface area contributed by atoms with Crippen LogP contribution in [0.1, 0.15) is 27.8 Å². The molecule has 0 spiro atoms. The van der Waals surface area contributed by atoms with Crippen molar-refractivity contribution in [2.75, 3.05) is 0 Å². The first-order chi connectivity index (χ1) is 27.9. The standard InChI is InChI=1S/C41H34O19/c1-6-7(2)11-14(23(42)8(6)3)19(29(48)36(55)26(11)45)22-32(51)30(49)20(31(50)33(22)52)12-15-16(25(44)10(5)9(4)24(15)43)13(18-17(12)27(46)37(56)38(57)28(18)47)21-34(53)39(58)41(60)40(59)35(21)54/h42-60H,1-5H3. The number of aromatic hydroxyl groups is 19. The van der Waals surface area contributed by atoms with E-state index in [0.717, 1.165) is 0 Å². The second-order valence-electron chi connectivity index (χ2n) is 14.2. The first-order valence-electron chi connectivity index (χ1n) is 17.2. The lowest BCUT2D eigenvalue weighted by atomic mass is 9.80. The van der Waals surface area contributed by atoms with Crippen LogP contribution in [0.15, 0.2) is 0 Å². The van der Waals surface area contributed by atoms with Gasteiger partial charge in [0.25, 0.3) is 0 Å². The van der Waals surface area contributed by atoms with Crippen LogP contribution in [-0.2, 0) is 0 Å². The summed E-state index contributed by atoms with van der Waals surface area (Å²) in [4.78, 5) is 0. The van der Waals surface area contributed by atoms with Crippen LogP contribution < -0.4 is 0 Å². The molecule has 0 heterocycles. The van der Waals surface area contributed by atoms with Crippen molar-refractivity contribution in [2.24, 2.45) is 0 Å². The zero-order chi connectivity index (χ0) is 44.8. The third-order valence-electron chi connectivity index (χ3n) is 11.4. The minimum atomic E-state index is -1.54. The van der Waals surface area contributed by atoms with Crippen molar-refractivity contribution in [1.82, 2.24) is 0 Å². The Morgan fingerprint density at radius 3 is 0.717 bits per heavy atom. The summed E-state index contributed by atoms with van der Waals surface area (Å²) in [6, 6.07) is 0. The second-order valence-corrected chi connectivity index (χ2v) is 14.2. The third kappa shape index (κ3) is 4.58. The van der Waals surface area contributed by atoms with E-state index in [9.17, 15) is 97.0 Å². The van der Waals surface area contributed by atoms with Crippen LogP contribution in [0.5, 0.6) is 109 Å². The number of benzene rings is 7. The maximum absolute atomic E-state index is 11.9. The van der Waals surface area contributed by atoms with E-state index in [1.165, 1.54) is 27.7 Å². The first-order valence-corrected chi connectivity index (χ1v) is 17.2. The van der Waals surface area contributed by atoms with E-state index in [2.05, 4.69) is 0 Å². The summed E-state index contributed by atoms with van der Waals surface area (Å²) in [5.74, 6) is -25.6. The van der Waals surface area contributed by atoms with Gasteiger partial charge in [-0.15, -0.1) is 0 Å². The predicted molar refractivity (Wildman–Crippen MR) is 211 cm³/mol. The minimum absolute atomic E-state index is 0.152. The van der Waals surface area contributed by atoms with Crippen molar-refractivity contribution >= 4 is 32.3 Å². The van der Waals surface area contributed by atoms with Crippen LogP contribution in [0.3, 0.4) is 0 Å². The van der Waals surface area contributed by atoms with E-state index >= 15 is 0 Å². The van der Waals surface area contributed by atoms with Crippen LogP contribution in [0.25, 0.3) is 65.7 Å². The average Bonchev–Trinajstić information content (AvgIpc) is 3.22. The first kappa shape index (κ1) is 39.7. The summed E-state index contributed by atoms with van der Waals surface area (Å²) in [6.07, 6.45) is 0. The molecule has 19 N–H and O–H groups in total. The smallest absolute Gasteiger partial charge is 0.208 e. The zero-order valence-corrected chi connectivity index (χ0v) is 31.5. The Kier molecular flexibility index (Phi) is 8.29. The number of rotatable bonds is 3. The van der Waals surface area contributed by atoms with Gasteiger partial charge < -0.3 is 97.0 Å². The molecule has 7 aromatic carbocycles. The van der Waals surface area contributed by atoms with Gasteiger partial charge in [0, 0.05) is 49.0 Å². The van der Waals surface area contributed by atoms with Crippen molar-refractivity contribution in [2.45, 2.75) is 34.6 Å². The van der Waals surface area contributed by atoms with Crippen molar-refractivity contribution in [3.05, 3.63) is 27.8 Å². The predicted octanol–water partition coefficient (Wildman–Crippen LogP) is 6.10. The number of phenolic OH excluding ortho intramolecular Hbond substituents is 19. The van der Waals surface area contributed by atoms with Gasteiger partial charge in [0.1, 0.15) is 17.2 Å². The van der Waals surface area contributed by atoms with Crippen LogP contribution in [0.2, 0.25) is 0 Å². The topological polar surface area (TPSA) is 384 Å². The molecule has 0 aliphatic carbocycles. The zero-order valence-electron chi connectivity index (χ0n) is 31.5. The molecule has 0 aromatic heterocycles. The van der Waals surface area contributed by atoms with Crippen molar-refractivity contribution in [3.63, 3.8) is 0 Å². The van der Waals surface area contributed by atoms with Crippen LogP contribution in [-0.4, -0.2) is 97.0 Å². The molecule has 7 rings (SSSR count). The summed E-state index contributed by atoms with van der Waals surface area (Å²) >= 11 is 0. The highest BCUT2D eigenvalue weighted by atomic mass is 16.4. The van der Waals surface area contributed by atoms with Gasteiger partial charge in [-0.25, -0.2) is 0 Å². The Balaban J connectivity index is 1.82. The normalized spacial score (nSPS) is 11.7. The molecular formula is C41H34O19. The number of phenols is 19. The van der Waals surface area contributed by atoms with Gasteiger partial charge in [-0.2, -0.15) is 0 Å². The van der Waals surface area contributed by atoms with E-state index in [0.29, 0.717) is 5.56 Å². The van der Waals surface area contributed by atoms with Crippen LogP contribution >= 0.6 is 0 Å². The Morgan fingerprint density at radius 1 is 0.150 bits per heavy atom. The number of fused-ring (bicyclic) bond motifs is 3. The maximum Gasteiger partial charge on any atom is 0.208 e. The quantitative estimate of drug-likeness (QED) is 0.0543. The highest BCUT2D eigenvalue weighted by Gasteiger charge is 2.39. The molecule has 0 aliphatic rings. The van der Waals surface area contributed by atoms with E-state index in [-0.39, 0.29) is 27.6 Å². The molecule has 19 heteroatoms. The fourth-order valence-corrected chi connectivity index (χ4v) is 7.87. The molecule has 0 saturated heterocycles. The van der Waals surface area contributed by atoms with Gasteiger partial charge in [0.2, 0.25) is 34.5 Å². The second kappa shape index (κ2) is 12.5. The average molecular weight is 831 g/mol. The number of hydrogen-bond acceptors (Lipinski definition) is 19. The Morgan fingerprint density at radius 2 is 0.350 bits per heavy atom. The lowest BCUT2D eigenvalue weighted by molar-refractivity contribution is 0.330. The molecule has 312 valence electrons. The van der Waals surface area contributed by atoms with Crippen LogP contribution in [0, 0.1) is 34.6 Å². The molecule has 60 heavy (non-hydrogen) atoms. The molecule has 0 radical (unpaired) electrons. The van der Waals surface area contributed by atoms with Crippen LogP contribution in [0.4, 0.5) is 0 Å². The van der Waals surface area contributed by atoms with Crippen molar-refractivity contribution < 1.29 is 97.0 Å². The summed E-state index contributed by atoms with van der Waals surface area (Å²) in [5.41, 5.74) is -6.01. The van der Waals surface area contributed by atoms with Gasteiger partial charge in [-0.05, 0) is 62.4 Å². The van der Waals surface area contributed by atoms with Gasteiger partial charge in [-0.1, -0.05) is 0 Å². The summed E-state index contributed by atoms with van der Waals surface area (Å²) in [6.45, 7) is 6.88. The van der Waals surface area contributed by atoms with E-state index in [1.807, 2.05) is 0 Å². The van der Waals surface area contributed by atoms with Crippen molar-refractivity contribution in [3.8, 4) is 143 Å². The van der Waals surface area contributed by atoms with Gasteiger partial charge >= 0.3 is 0 Å². The highest BCUT2D eigenvalue weighted by molar-refractivity contribution is 6.30. The third-order valence-corrected chi connectivity index (χ3v) is 11.4. The largest absolute Gasteiger partial charge is 0.507 e. The Labute approximate surface area is 334 Å². The lowest BCUT2D eigenvalue weighted by Gasteiger charge is -2.26. The number of hydrogen-bond donors (Lipinski definition) is 19. The molecule has 0 unspecified atom stereocenters. The summed E-state index contributed by atoms with van der Waals surface area (Å²) in [5, 5.41) is 209. The van der Waals surface area contributed by atoms with E-state index in [4.69, 9.17) is 0 Å². The molecule has 0 saturated carbocycles. The summed E-state index contributed by atoms with van der Waals surface area (Å²) in [7, 11) is 0. The summed E-state index contributed by atoms with van der Waals surface area (Å²) < 4.78 is 0. The molecule has 0 amide bonds. The highest BCUT2D eigenvalue weighted by Crippen LogP contribution is 2.68. The van der Waals surface area contributed by atoms with Gasteiger partial charge in [-0.3, -0.25) is 0 Å². The molecule has 0 bridgehead atoms. The van der Waals surface area contributed by atoms with Gasteiger partial charge in [0.15, 0.2) is 57.5 Å². The van der Waals surface area contributed by atoms with E-state index in [1.54, 1.807) is 6.92 Å². The molecule has 0 aliphatic heterocycles. The molecule has 7 aromatic rings. The Bertz CT molecular complexity index is 3040. The van der Waals surface area contributed by atoms with E-state index < -0.39 is 170 Å². The molecule has 0 atom stereocenters.